The van der Waals surface area contributed by atoms with Crippen molar-refractivity contribution in [1.29, 1.82) is 0 Å². The maximum Gasteiger partial charge on any atom is 0.146 e. The summed E-state index contributed by atoms with van der Waals surface area (Å²) in [6.45, 7) is 20.3. The van der Waals surface area contributed by atoms with E-state index in [1.54, 1.807) is 0 Å². The molecule has 0 aromatic carbocycles. The van der Waals surface area contributed by atoms with E-state index >= 15 is 0 Å². The first-order valence-electron chi connectivity index (χ1n) is 8.64. The smallest absolute Gasteiger partial charge is 0.146 e. The van der Waals surface area contributed by atoms with Crippen molar-refractivity contribution >= 4 is 0 Å². The Bertz CT molecular complexity index is 161. The molecule has 0 atom stereocenters. The van der Waals surface area contributed by atoms with Gasteiger partial charge in [0.1, 0.15) is 6.79 Å². The molecule has 4 heteroatoms. The number of hydrogen-bond donors (Lipinski definition) is 0. The van der Waals surface area contributed by atoms with Crippen LogP contribution in [0.15, 0.2) is 0 Å². The zero-order chi connectivity index (χ0) is 17.4. The zero-order valence-corrected chi connectivity index (χ0v) is 16.2. The van der Waals surface area contributed by atoms with Crippen molar-refractivity contribution < 1.29 is 18.9 Å². The highest BCUT2D eigenvalue weighted by Gasteiger charge is 1.96. The van der Waals surface area contributed by atoms with Gasteiger partial charge in [-0.15, -0.1) is 0 Å². The van der Waals surface area contributed by atoms with Crippen molar-refractivity contribution in [3.05, 3.63) is 0 Å². The Kier molecular flexibility index (Phi) is 18.8. The van der Waals surface area contributed by atoms with Crippen molar-refractivity contribution in [3.63, 3.8) is 0 Å². The average molecular weight is 321 g/mol. The molecule has 0 rings (SSSR count). The van der Waals surface area contributed by atoms with E-state index in [1.165, 1.54) is 0 Å². The molecule has 0 radical (unpaired) electrons. The quantitative estimate of drug-likeness (QED) is 0.391. The molecule has 22 heavy (non-hydrogen) atoms. The van der Waals surface area contributed by atoms with E-state index < -0.39 is 0 Å². The molecule has 0 saturated heterocycles. The molecule has 0 aliphatic carbocycles. The summed E-state index contributed by atoms with van der Waals surface area (Å²) in [7, 11) is 0. The van der Waals surface area contributed by atoms with Gasteiger partial charge in [-0.05, 0) is 46.0 Å². The molecule has 0 spiro atoms. The average Bonchev–Trinajstić information content (AvgIpc) is 2.37. The largest absolute Gasteiger partial charge is 0.379 e. The van der Waals surface area contributed by atoms with Crippen LogP contribution >= 0.6 is 0 Å². The predicted octanol–water partition coefficient (Wildman–Crippen LogP) is 4.52. The van der Waals surface area contributed by atoms with Crippen molar-refractivity contribution in [3.8, 4) is 0 Å². The molecule has 0 amide bonds. The summed E-state index contributed by atoms with van der Waals surface area (Å²) in [5.74, 6) is 1.19. The minimum atomic E-state index is 0.342. The van der Waals surface area contributed by atoms with Crippen LogP contribution in [0.3, 0.4) is 0 Å². The van der Waals surface area contributed by atoms with Crippen molar-refractivity contribution in [2.24, 2.45) is 11.8 Å². The highest BCUT2D eigenvalue weighted by Crippen LogP contribution is 1.95. The fourth-order valence-electron chi connectivity index (χ4n) is 1.32. The van der Waals surface area contributed by atoms with Gasteiger partial charge < -0.3 is 18.9 Å². The van der Waals surface area contributed by atoms with Crippen LogP contribution in [0.2, 0.25) is 0 Å². The Morgan fingerprint density at radius 2 is 0.955 bits per heavy atom. The maximum absolute atomic E-state index is 5.34. The highest BCUT2D eigenvalue weighted by atomic mass is 16.7. The minimum absolute atomic E-state index is 0.342. The Morgan fingerprint density at radius 3 is 1.23 bits per heavy atom. The van der Waals surface area contributed by atoms with Crippen LogP contribution in [0.5, 0.6) is 0 Å². The lowest BCUT2D eigenvalue weighted by Gasteiger charge is -2.09. The van der Waals surface area contributed by atoms with E-state index in [4.69, 9.17) is 18.9 Å². The van der Waals surface area contributed by atoms with Crippen molar-refractivity contribution in [2.45, 2.75) is 74.0 Å². The third kappa shape index (κ3) is 28.1. The number of hydrogen-bond acceptors (Lipinski definition) is 4. The summed E-state index contributed by atoms with van der Waals surface area (Å²) in [5, 5.41) is 0. The summed E-state index contributed by atoms with van der Waals surface area (Å²) >= 11 is 0. The topological polar surface area (TPSA) is 36.9 Å². The van der Waals surface area contributed by atoms with Gasteiger partial charge >= 0.3 is 0 Å². The second kappa shape index (κ2) is 17.2. The minimum Gasteiger partial charge on any atom is -0.379 e. The van der Waals surface area contributed by atoms with E-state index in [0.29, 0.717) is 30.8 Å². The molecule has 0 aromatic heterocycles. The molecule has 4 nitrogen and oxygen atoms in total. The SMILES string of the molecule is CC(C)COCOCC(C)C.CC(C)OCCCOC(C)C. The molecular weight excluding hydrogens is 280 g/mol. The van der Waals surface area contributed by atoms with E-state index in [-0.39, 0.29) is 0 Å². The third-order valence-corrected chi connectivity index (χ3v) is 2.26. The maximum atomic E-state index is 5.34. The second-order valence-corrected chi connectivity index (χ2v) is 6.84. The summed E-state index contributed by atoms with van der Waals surface area (Å²) in [4.78, 5) is 0. The van der Waals surface area contributed by atoms with Crippen LogP contribution in [0.25, 0.3) is 0 Å². The van der Waals surface area contributed by atoms with Gasteiger partial charge in [-0.2, -0.15) is 0 Å². The normalized spacial score (nSPS) is 11.5. The van der Waals surface area contributed by atoms with Gasteiger partial charge in [-0.25, -0.2) is 0 Å². The summed E-state index contributed by atoms with van der Waals surface area (Å²) in [6, 6.07) is 0. The second-order valence-electron chi connectivity index (χ2n) is 6.84. The van der Waals surface area contributed by atoms with Crippen LogP contribution in [-0.4, -0.2) is 45.4 Å². The van der Waals surface area contributed by atoms with E-state index in [0.717, 1.165) is 32.8 Å². The van der Waals surface area contributed by atoms with Gasteiger partial charge in [0.15, 0.2) is 0 Å². The standard InChI is InChI=1S/2C9H20O2/c1-8(2)5-10-7-11-6-9(3)4;1-8(2)10-6-5-7-11-9(3)4/h2*8-9H,5-7H2,1-4H3. The van der Waals surface area contributed by atoms with Crippen LogP contribution in [0, 0.1) is 11.8 Å². The Labute approximate surface area is 138 Å². The van der Waals surface area contributed by atoms with Gasteiger partial charge in [-0.3, -0.25) is 0 Å². The van der Waals surface area contributed by atoms with Gasteiger partial charge in [0.25, 0.3) is 0 Å². The lowest BCUT2D eigenvalue weighted by Crippen LogP contribution is -2.09. The van der Waals surface area contributed by atoms with Crippen molar-refractivity contribution in [1.82, 2.24) is 0 Å². The summed E-state index contributed by atoms with van der Waals surface area (Å²) < 4.78 is 21.1. The molecular formula is C18H40O4. The Morgan fingerprint density at radius 1 is 0.591 bits per heavy atom. The van der Waals surface area contributed by atoms with Gasteiger partial charge in [0, 0.05) is 13.2 Å². The lowest BCUT2D eigenvalue weighted by molar-refractivity contribution is -0.0687. The molecule has 0 aliphatic rings. The Hall–Kier alpha value is -0.160. The zero-order valence-electron chi connectivity index (χ0n) is 16.2. The first kappa shape index (κ1) is 24.1. The number of ether oxygens (including phenoxy) is 4. The van der Waals surface area contributed by atoms with Crippen LogP contribution in [0.4, 0.5) is 0 Å². The Balaban J connectivity index is 0. The predicted molar refractivity (Wildman–Crippen MR) is 93.2 cm³/mol. The van der Waals surface area contributed by atoms with Crippen LogP contribution < -0.4 is 0 Å². The molecule has 0 aromatic rings. The van der Waals surface area contributed by atoms with Crippen LogP contribution in [-0.2, 0) is 18.9 Å². The highest BCUT2D eigenvalue weighted by molar-refractivity contribution is 4.41. The van der Waals surface area contributed by atoms with E-state index in [9.17, 15) is 0 Å². The number of rotatable bonds is 12. The fourth-order valence-corrected chi connectivity index (χ4v) is 1.32. The molecule has 0 unspecified atom stereocenters. The van der Waals surface area contributed by atoms with E-state index in [2.05, 4.69) is 27.7 Å². The molecule has 0 aliphatic heterocycles. The first-order chi connectivity index (χ1) is 10.3. The van der Waals surface area contributed by atoms with Gasteiger partial charge in [0.2, 0.25) is 0 Å². The summed E-state index contributed by atoms with van der Waals surface area (Å²) in [5.41, 5.74) is 0. The van der Waals surface area contributed by atoms with Crippen LogP contribution in [0.1, 0.15) is 61.8 Å². The van der Waals surface area contributed by atoms with E-state index in [1.807, 2.05) is 27.7 Å². The molecule has 0 saturated carbocycles. The van der Waals surface area contributed by atoms with Gasteiger partial charge in [0.05, 0.1) is 25.4 Å². The lowest BCUT2D eigenvalue weighted by atomic mass is 10.2. The first-order valence-corrected chi connectivity index (χ1v) is 8.64. The monoisotopic (exact) mass is 320 g/mol. The molecule has 136 valence electrons. The molecule has 0 heterocycles. The summed E-state index contributed by atoms with van der Waals surface area (Å²) in [6.07, 6.45) is 1.68. The molecule has 0 bridgehead atoms. The van der Waals surface area contributed by atoms with Gasteiger partial charge in [-0.1, -0.05) is 27.7 Å². The fraction of sp³-hybridized carbons (Fsp3) is 1.00. The van der Waals surface area contributed by atoms with Crippen molar-refractivity contribution in [2.75, 3.05) is 33.2 Å². The third-order valence-electron chi connectivity index (χ3n) is 2.26. The molecule has 0 N–H and O–H groups in total. The molecule has 0 fully saturated rings.